The molecule has 0 spiro atoms. The fraction of sp³-hybridized carbons (Fsp3) is 0.164. The zero-order valence-corrected chi connectivity index (χ0v) is 38.3. The molecule has 12 heteroatoms. The summed E-state index contributed by atoms with van der Waals surface area (Å²) in [5.74, 6) is 0.296. The average Bonchev–Trinajstić information content (AvgIpc) is 3.81. The summed E-state index contributed by atoms with van der Waals surface area (Å²) in [6, 6.07) is 59.7. The number of aliphatic hydroxyl groups excluding tert-OH is 1. The van der Waals surface area contributed by atoms with Crippen molar-refractivity contribution in [3.05, 3.63) is 228 Å². The number of amides is 1. The fourth-order valence-electron chi connectivity index (χ4n) is 8.25. The van der Waals surface area contributed by atoms with Gasteiger partial charge in [0, 0.05) is 34.0 Å². The summed E-state index contributed by atoms with van der Waals surface area (Å²) in [7, 11) is -4.06. The third-order valence-corrected chi connectivity index (χ3v) is 14.1. The Labute approximate surface area is 395 Å². The number of aromatic nitrogens is 1. The topological polar surface area (TPSA) is 140 Å². The van der Waals surface area contributed by atoms with Gasteiger partial charge in [-0.25, -0.2) is 13.4 Å². The number of nitrogens with zero attached hydrogens (tertiary/aromatic N) is 1. The number of benzene rings is 7. The van der Waals surface area contributed by atoms with Crippen molar-refractivity contribution in [3.63, 3.8) is 0 Å². The molecular weight excluding hydrogens is 879 g/mol. The first-order chi connectivity index (χ1) is 32.7. The molecule has 0 radical (unpaired) electrons. The van der Waals surface area contributed by atoms with E-state index in [1.165, 1.54) is 23.9 Å². The minimum Gasteiger partial charge on any atom is -0.431 e. The minimum atomic E-state index is -4.06. The maximum Gasteiger partial charge on any atom is 0.256 e. The van der Waals surface area contributed by atoms with E-state index in [2.05, 4.69) is 22.2 Å². The summed E-state index contributed by atoms with van der Waals surface area (Å²) in [5.41, 5.74) is 8.08. The van der Waals surface area contributed by atoms with Crippen LogP contribution in [0.3, 0.4) is 0 Å². The number of carbonyl (C=O) groups is 1. The van der Waals surface area contributed by atoms with Crippen molar-refractivity contribution < 1.29 is 32.2 Å². The summed E-state index contributed by atoms with van der Waals surface area (Å²) in [6.45, 7) is 1.79. The number of nitrogens with one attached hydrogen (secondary N) is 2. The third-order valence-electron chi connectivity index (χ3n) is 11.7. The van der Waals surface area contributed by atoms with Crippen LogP contribution in [-0.4, -0.2) is 42.3 Å². The highest BCUT2D eigenvalue weighted by molar-refractivity contribution is 7.99. The van der Waals surface area contributed by atoms with Gasteiger partial charge >= 0.3 is 0 Å². The quantitative estimate of drug-likeness (QED) is 0.0808. The van der Waals surface area contributed by atoms with E-state index in [4.69, 9.17) is 18.9 Å². The van der Waals surface area contributed by atoms with E-state index in [9.17, 15) is 18.3 Å². The Morgan fingerprint density at radius 1 is 0.687 bits per heavy atom. The smallest absolute Gasteiger partial charge is 0.256 e. The second-order valence-corrected chi connectivity index (χ2v) is 19.1. The van der Waals surface area contributed by atoms with E-state index >= 15 is 0 Å². The van der Waals surface area contributed by atoms with Crippen molar-refractivity contribution in [1.29, 1.82) is 0 Å². The molecule has 1 saturated heterocycles. The zero-order valence-electron chi connectivity index (χ0n) is 36.6. The van der Waals surface area contributed by atoms with Gasteiger partial charge in [0.1, 0.15) is 11.7 Å². The van der Waals surface area contributed by atoms with Gasteiger partial charge in [-0.3, -0.25) is 4.79 Å². The minimum absolute atomic E-state index is 0.0655. The first-order valence-corrected chi connectivity index (χ1v) is 24.5. The van der Waals surface area contributed by atoms with Crippen LogP contribution in [0.1, 0.15) is 51.7 Å². The molecule has 1 amide bonds. The first kappa shape index (κ1) is 45.5. The van der Waals surface area contributed by atoms with Gasteiger partial charge in [0.05, 0.1) is 23.7 Å². The number of aliphatic hydroxyl groups is 1. The van der Waals surface area contributed by atoms with Gasteiger partial charge in [-0.1, -0.05) is 187 Å². The molecule has 0 aliphatic carbocycles. The van der Waals surface area contributed by atoms with E-state index in [0.717, 1.165) is 44.6 Å². The largest absolute Gasteiger partial charge is 0.431 e. The highest BCUT2D eigenvalue weighted by Crippen LogP contribution is 2.48. The van der Waals surface area contributed by atoms with Crippen LogP contribution in [0.4, 0.5) is 5.69 Å². The number of anilines is 1. The lowest BCUT2D eigenvalue weighted by molar-refractivity contribution is -0.255. The van der Waals surface area contributed by atoms with E-state index < -0.39 is 40.5 Å². The van der Waals surface area contributed by atoms with Gasteiger partial charge in [-0.15, -0.1) is 0 Å². The maximum absolute atomic E-state index is 14.2. The van der Waals surface area contributed by atoms with Crippen molar-refractivity contribution in [2.45, 2.75) is 60.5 Å². The Morgan fingerprint density at radius 3 is 1.99 bits per heavy atom. The van der Waals surface area contributed by atoms with E-state index in [1.54, 1.807) is 30.3 Å². The summed E-state index contributed by atoms with van der Waals surface area (Å²) in [4.78, 5) is 19.3. The molecule has 8 aromatic rings. The van der Waals surface area contributed by atoms with E-state index in [0.29, 0.717) is 28.0 Å². The average molecular weight is 928 g/mol. The number of ether oxygens (including phenoxy) is 2. The number of rotatable bonds is 16. The second-order valence-electron chi connectivity index (χ2n) is 16.4. The van der Waals surface area contributed by atoms with Crippen molar-refractivity contribution in [3.8, 4) is 22.6 Å². The zero-order chi connectivity index (χ0) is 46.2. The van der Waals surface area contributed by atoms with Crippen molar-refractivity contribution in [2.24, 2.45) is 0 Å². The van der Waals surface area contributed by atoms with Gasteiger partial charge in [-0.05, 0) is 59.9 Å². The Balaban J connectivity index is 1.03. The molecule has 0 bridgehead atoms. The molecule has 338 valence electrons. The SMILES string of the molecule is Cc1ccc(S(=O)(=O)NC(Cc2ccccc2)C(=O)Nc2cccc(C3OC(CSc4nc(-c5ccccc5)c(-c5ccccc5)o4)C(c4ccccc4)C(c4ccc(CO)cc4)O3)c2)cc1. The van der Waals surface area contributed by atoms with Crippen LogP contribution in [0.25, 0.3) is 22.6 Å². The van der Waals surface area contributed by atoms with Gasteiger partial charge in [0.2, 0.25) is 15.9 Å². The van der Waals surface area contributed by atoms with Crippen LogP contribution in [0, 0.1) is 6.92 Å². The molecular formula is C55H49N3O7S2. The molecule has 0 saturated carbocycles. The standard InChI is InChI=1S/C55H49N3O7S2/c1-37-25-31-46(32-26-37)67(61,62)58-47(33-38-15-6-2-7-16-38)53(60)56-45-24-14-23-44(34-45)54-63-48(49(40-17-8-3-9-18-40)51(64-54)43-29-27-39(35-59)28-30-43)36-66-55-57-50(41-19-10-4-11-20-41)52(65-55)42-21-12-5-13-22-42/h2-32,34,47-49,51,54,58-59H,33,35-36H2,1H3,(H,56,60). The molecule has 1 aliphatic rings. The van der Waals surface area contributed by atoms with Gasteiger partial charge in [0.15, 0.2) is 12.1 Å². The summed E-state index contributed by atoms with van der Waals surface area (Å²) in [6.07, 6.45) is -1.73. The predicted octanol–water partition coefficient (Wildman–Crippen LogP) is 11.1. The predicted molar refractivity (Wildman–Crippen MR) is 262 cm³/mol. The molecule has 1 aromatic heterocycles. The normalized spacial score (nSPS) is 17.7. The number of hydrogen-bond donors (Lipinski definition) is 3. The van der Waals surface area contributed by atoms with E-state index in [1.807, 2.05) is 146 Å². The van der Waals surface area contributed by atoms with Crippen LogP contribution in [0.5, 0.6) is 0 Å². The van der Waals surface area contributed by atoms with Crippen molar-refractivity contribution in [1.82, 2.24) is 9.71 Å². The molecule has 1 aliphatic heterocycles. The first-order valence-electron chi connectivity index (χ1n) is 22.0. The second kappa shape index (κ2) is 20.9. The van der Waals surface area contributed by atoms with Crippen LogP contribution < -0.4 is 10.0 Å². The number of aryl methyl sites for hydroxylation is 1. The van der Waals surface area contributed by atoms with Crippen LogP contribution >= 0.6 is 11.8 Å². The van der Waals surface area contributed by atoms with Crippen LogP contribution in [0.2, 0.25) is 0 Å². The Kier molecular flexibility index (Phi) is 14.2. The van der Waals surface area contributed by atoms with Crippen LogP contribution in [-0.2, 0) is 37.3 Å². The summed E-state index contributed by atoms with van der Waals surface area (Å²) >= 11 is 1.46. The molecule has 7 aromatic carbocycles. The Morgan fingerprint density at radius 2 is 1.31 bits per heavy atom. The number of hydrogen-bond acceptors (Lipinski definition) is 9. The molecule has 9 rings (SSSR count). The molecule has 3 N–H and O–H groups in total. The van der Waals surface area contributed by atoms with Gasteiger partial charge in [-0.2, -0.15) is 4.72 Å². The lowest BCUT2D eigenvalue weighted by atomic mass is 9.84. The number of thioether (sulfide) groups is 1. The Hall–Kier alpha value is -6.64. The molecule has 2 heterocycles. The van der Waals surface area contributed by atoms with Crippen LogP contribution in [0.15, 0.2) is 209 Å². The number of oxazole rings is 1. The number of carbonyl (C=O) groups excluding carboxylic acids is 1. The molecule has 67 heavy (non-hydrogen) atoms. The Bertz CT molecular complexity index is 2940. The summed E-state index contributed by atoms with van der Waals surface area (Å²) in [5, 5.41) is 13.4. The van der Waals surface area contributed by atoms with Crippen molar-refractivity contribution in [2.75, 3.05) is 11.1 Å². The highest BCUT2D eigenvalue weighted by atomic mass is 32.2. The molecule has 5 atom stereocenters. The molecule has 1 fully saturated rings. The van der Waals surface area contributed by atoms with E-state index in [-0.39, 0.29) is 23.8 Å². The van der Waals surface area contributed by atoms with Gasteiger partial charge < -0.3 is 24.3 Å². The third kappa shape index (κ3) is 11.0. The van der Waals surface area contributed by atoms with Crippen molar-refractivity contribution >= 4 is 33.4 Å². The lowest BCUT2D eigenvalue weighted by Crippen LogP contribution is -2.45. The van der Waals surface area contributed by atoms with Gasteiger partial charge in [0.25, 0.3) is 5.22 Å². The summed E-state index contributed by atoms with van der Waals surface area (Å²) < 4.78 is 50.5. The monoisotopic (exact) mass is 927 g/mol. The number of sulfonamides is 1. The molecule has 5 unspecified atom stereocenters. The fourth-order valence-corrected chi connectivity index (χ4v) is 10.3. The lowest BCUT2D eigenvalue weighted by Gasteiger charge is -2.43. The molecule has 10 nitrogen and oxygen atoms in total. The maximum atomic E-state index is 14.2. The highest BCUT2D eigenvalue weighted by Gasteiger charge is 2.42.